The van der Waals surface area contributed by atoms with E-state index >= 15 is 0 Å². The summed E-state index contributed by atoms with van der Waals surface area (Å²) in [5.41, 5.74) is 0. The molecule has 22 heavy (non-hydrogen) atoms. The van der Waals surface area contributed by atoms with Gasteiger partial charge < -0.3 is 10.5 Å². The molecule has 1 heterocycles. The molecular weight excluding hydrogens is 384 g/mol. The lowest BCUT2D eigenvalue weighted by atomic mass is 10.4. The van der Waals surface area contributed by atoms with E-state index in [1.807, 2.05) is 24.3 Å². The van der Waals surface area contributed by atoms with E-state index in [1.54, 1.807) is 30.0 Å². The average Bonchev–Trinajstić information content (AvgIpc) is 2.52. The number of halogens is 1. The molecule has 1 amide bonds. The van der Waals surface area contributed by atoms with Gasteiger partial charge in [0.2, 0.25) is 5.91 Å². The van der Waals surface area contributed by atoms with Crippen molar-refractivity contribution in [1.29, 1.82) is 0 Å². The van der Waals surface area contributed by atoms with Crippen molar-refractivity contribution in [2.24, 2.45) is 0 Å². The van der Waals surface area contributed by atoms with Crippen LogP contribution < -0.4 is 10.0 Å². The number of carbonyl (C=O) groups is 1. The average molecular weight is 399 g/mol. The van der Waals surface area contributed by atoms with E-state index in [9.17, 15) is 10.0 Å². The van der Waals surface area contributed by atoms with Crippen LogP contribution in [0, 0.1) is 5.21 Å². The Balaban J connectivity index is 1.64. The fourth-order valence-corrected chi connectivity index (χ4v) is 3.38. The van der Waals surface area contributed by atoms with Crippen LogP contribution in [0.1, 0.15) is 0 Å². The first-order chi connectivity index (χ1) is 10.6. The largest absolute Gasteiger partial charge is 0.618 e. The smallest absolute Gasteiger partial charge is 0.251 e. The molecule has 0 atom stereocenters. The van der Waals surface area contributed by atoms with Crippen molar-refractivity contribution >= 4 is 45.4 Å². The summed E-state index contributed by atoms with van der Waals surface area (Å²) in [6.07, 6.45) is 1.43. The molecular formula is C15H15BrN2O2S2. The minimum absolute atomic E-state index is 0.0646. The molecule has 0 saturated heterocycles. The van der Waals surface area contributed by atoms with Crippen molar-refractivity contribution < 1.29 is 9.52 Å². The Labute approximate surface area is 146 Å². The van der Waals surface area contributed by atoms with Crippen molar-refractivity contribution in [2.45, 2.75) is 9.92 Å². The molecule has 1 aromatic carbocycles. The summed E-state index contributed by atoms with van der Waals surface area (Å²) in [5.74, 6) is 0.991. The molecule has 0 aliphatic rings. The third-order valence-corrected chi connectivity index (χ3v) is 5.21. The first-order valence-corrected chi connectivity index (χ1v) is 9.37. The van der Waals surface area contributed by atoms with E-state index in [2.05, 4.69) is 21.2 Å². The second kappa shape index (κ2) is 9.07. The Hall–Kier alpha value is -1.18. The van der Waals surface area contributed by atoms with Crippen LogP contribution in [0.2, 0.25) is 0 Å². The van der Waals surface area contributed by atoms with Gasteiger partial charge >= 0.3 is 0 Å². The van der Waals surface area contributed by atoms with Gasteiger partial charge in [-0.05, 0) is 42.1 Å². The first-order valence-electron chi connectivity index (χ1n) is 6.61. The number of hydrogen-bond acceptors (Lipinski definition) is 4. The SMILES string of the molecule is O=C(CSc1cccc[n+]1[O-])NCCSc1ccc(Br)cc1. The lowest BCUT2D eigenvalue weighted by Gasteiger charge is -2.06. The molecule has 0 unspecified atom stereocenters. The highest BCUT2D eigenvalue weighted by Crippen LogP contribution is 2.20. The second-order valence-electron chi connectivity index (χ2n) is 4.31. The summed E-state index contributed by atoms with van der Waals surface area (Å²) in [4.78, 5) is 12.9. The van der Waals surface area contributed by atoms with Crippen LogP contribution in [0.5, 0.6) is 0 Å². The van der Waals surface area contributed by atoms with Gasteiger partial charge in [-0.25, -0.2) is 0 Å². The highest BCUT2D eigenvalue weighted by Gasteiger charge is 2.08. The molecule has 2 aromatic rings. The van der Waals surface area contributed by atoms with Crippen molar-refractivity contribution in [3.8, 4) is 0 Å². The fraction of sp³-hybridized carbons (Fsp3) is 0.200. The number of aromatic nitrogens is 1. The summed E-state index contributed by atoms with van der Waals surface area (Å²) >= 11 is 6.32. The van der Waals surface area contributed by atoms with E-state index in [4.69, 9.17) is 0 Å². The van der Waals surface area contributed by atoms with Crippen LogP contribution in [0.25, 0.3) is 0 Å². The standard InChI is InChI=1S/C15H15BrN2O2S2/c16-12-4-6-13(7-5-12)21-10-8-17-14(19)11-22-15-3-1-2-9-18(15)20/h1-7,9H,8,10-11H2,(H,17,19). The van der Waals surface area contributed by atoms with E-state index < -0.39 is 0 Å². The number of amides is 1. The summed E-state index contributed by atoms with van der Waals surface area (Å²) in [6.45, 7) is 0.603. The molecule has 4 nitrogen and oxygen atoms in total. The maximum absolute atomic E-state index is 11.7. The number of rotatable bonds is 7. The summed E-state index contributed by atoms with van der Waals surface area (Å²) in [5, 5.41) is 14.8. The highest BCUT2D eigenvalue weighted by molar-refractivity contribution is 9.10. The van der Waals surface area contributed by atoms with Gasteiger partial charge in [0.15, 0.2) is 6.20 Å². The van der Waals surface area contributed by atoms with Gasteiger partial charge in [0, 0.05) is 33.8 Å². The van der Waals surface area contributed by atoms with Gasteiger partial charge in [-0.2, -0.15) is 4.73 Å². The Bertz CT molecular complexity index is 623. The predicted molar refractivity (Wildman–Crippen MR) is 94.0 cm³/mol. The van der Waals surface area contributed by atoms with Crippen molar-refractivity contribution in [1.82, 2.24) is 5.32 Å². The number of nitrogens with one attached hydrogen (secondary N) is 1. The molecule has 0 aliphatic heterocycles. The Kier molecular flexibility index (Phi) is 7.08. The van der Waals surface area contributed by atoms with Crippen molar-refractivity contribution in [3.63, 3.8) is 0 Å². The Morgan fingerprint density at radius 2 is 1.95 bits per heavy atom. The third-order valence-electron chi connectivity index (χ3n) is 2.65. The Morgan fingerprint density at radius 1 is 1.18 bits per heavy atom. The number of benzene rings is 1. The number of thioether (sulfide) groups is 2. The maximum Gasteiger partial charge on any atom is 0.251 e. The van der Waals surface area contributed by atoms with Crippen molar-refractivity contribution in [3.05, 3.63) is 58.3 Å². The highest BCUT2D eigenvalue weighted by atomic mass is 79.9. The first kappa shape index (κ1) is 17.2. The fourth-order valence-electron chi connectivity index (χ4n) is 1.61. The maximum atomic E-state index is 11.7. The zero-order valence-corrected chi connectivity index (χ0v) is 14.9. The van der Waals surface area contributed by atoms with E-state index in [1.165, 1.54) is 22.9 Å². The van der Waals surface area contributed by atoms with Gasteiger partial charge in [-0.15, -0.1) is 11.8 Å². The van der Waals surface area contributed by atoms with E-state index in [0.717, 1.165) is 15.0 Å². The third kappa shape index (κ3) is 5.90. The second-order valence-corrected chi connectivity index (χ2v) is 7.39. The van der Waals surface area contributed by atoms with E-state index in [-0.39, 0.29) is 11.7 Å². The topological polar surface area (TPSA) is 56.0 Å². The Morgan fingerprint density at radius 3 is 2.68 bits per heavy atom. The molecule has 7 heteroatoms. The predicted octanol–water partition coefficient (Wildman–Crippen LogP) is 3.08. The van der Waals surface area contributed by atoms with Crippen LogP contribution in [0.15, 0.2) is 63.1 Å². The number of nitrogens with zero attached hydrogens (tertiary/aromatic N) is 1. The van der Waals surface area contributed by atoms with Gasteiger partial charge in [-0.1, -0.05) is 15.9 Å². The number of hydrogen-bond donors (Lipinski definition) is 1. The van der Waals surface area contributed by atoms with Gasteiger partial charge in [0.1, 0.15) is 0 Å². The molecule has 0 spiro atoms. The summed E-state index contributed by atoms with van der Waals surface area (Å²) in [6, 6.07) is 13.2. The molecule has 0 bridgehead atoms. The summed E-state index contributed by atoms with van der Waals surface area (Å²) in [7, 11) is 0. The van der Waals surface area contributed by atoms with Crippen LogP contribution in [-0.2, 0) is 4.79 Å². The van der Waals surface area contributed by atoms with Crippen LogP contribution in [-0.4, -0.2) is 24.0 Å². The molecule has 2 rings (SSSR count). The molecule has 0 saturated carbocycles. The van der Waals surface area contributed by atoms with Crippen LogP contribution in [0.4, 0.5) is 0 Å². The van der Waals surface area contributed by atoms with Crippen molar-refractivity contribution in [2.75, 3.05) is 18.1 Å². The zero-order chi connectivity index (χ0) is 15.8. The molecule has 116 valence electrons. The van der Waals surface area contributed by atoms with E-state index in [0.29, 0.717) is 11.6 Å². The molecule has 0 aliphatic carbocycles. The molecule has 1 aromatic heterocycles. The van der Waals surface area contributed by atoms with Gasteiger partial charge in [0.25, 0.3) is 5.03 Å². The lowest BCUT2D eigenvalue weighted by Crippen LogP contribution is -2.30. The number of carbonyl (C=O) groups excluding carboxylic acids is 1. The normalized spacial score (nSPS) is 10.4. The minimum atomic E-state index is -0.0646. The van der Waals surface area contributed by atoms with Crippen LogP contribution in [0.3, 0.4) is 0 Å². The summed E-state index contributed by atoms with van der Waals surface area (Å²) < 4.78 is 1.82. The lowest BCUT2D eigenvalue weighted by molar-refractivity contribution is -0.645. The quantitative estimate of drug-likeness (QED) is 0.337. The number of pyridine rings is 1. The molecule has 0 radical (unpaired) electrons. The van der Waals surface area contributed by atoms with Gasteiger partial charge in [-0.3, -0.25) is 4.79 Å². The monoisotopic (exact) mass is 398 g/mol. The van der Waals surface area contributed by atoms with Crippen LogP contribution >= 0.6 is 39.5 Å². The minimum Gasteiger partial charge on any atom is -0.618 e. The van der Waals surface area contributed by atoms with Gasteiger partial charge in [0.05, 0.1) is 5.75 Å². The molecule has 1 N–H and O–H groups in total. The molecule has 0 fully saturated rings. The zero-order valence-electron chi connectivity index (χ0n) is 11.7.